The van der Waals surface area contributed by atoms with Gasteiger partial charge in [0.15, 0.2) is 5.82 Å². The van der Waals surface area contributed by atoms with Gasteiger partial charge in [-0.15, -0.1) is 5.10 Å². The highest BCUT2D eigenvalue weighted by Crippen LogP contribution is 2.21. The van der Waals surface area contributed by atoms with Gasteiger partial charge in [0.05, 0.1) is 7.11 Å². The molecule has 4 aromatic rings. The van der Waals surface area contributed by atoms with Crippen LogP contribution in [-0.4, -0.2) is 27.8 Å². The average Bonchev–Trinajstić information content (AvgIpc) is 3.22. The maximum absolute atomic E-state index is 13.2. The van der Waals surface area contributed by atoms with Crippen molar-refractivity contribution in [2.45, 2.75) is 20.4 Å². The molecule has 31 heavy (non-hydrogen) atoms. The molecule has 0 aliphatic heterocycles. The molecule has 0 aliphatic carbocycles. The number of aromatic nitrogens is 3. The zero-order valence-electron chi connectivity index (χ0n) is 17.8. The van der Waals surface area contributed by atoms with Gasteiger partial charge in [-0.2, -0.15) is 9.67 Å². The predicted molar refractivity (Wildman–Crippen MR) is 121 cm³/mol. The summed E-state index contributed by atoms with van der Waals surface area (Å²) < 4.78 is 6.55. The van der Waals surface area contributed by atoms with E-state index < -0.39 is 0 Å². The molecule has 1 aromatic heterocycles. The minimum atomic E-state index is -0.230. The summed E-state index contributed by atoms with van der Waals surface area (Å²) in [5.74, 6) is 1.46. The number of hydrogen-bond donors (Lipinski definition) is 1. The number of ether oxygens (including phenoxy) is 1. The minimum Gasteiger partial charge on any atom is -0.497 e. The second kappa shape index (κ2) is 8.83. The van der Waals surface area contributed by atoms with Gasteiger partial charge in [-0.25, -0.2) is 0 Å². The van der Waals surface area contributed by atoms with E-state index in [1.54, 1.807) is 13.2 Å². The van der Waals surface area contributed by atoms with E-state index in [0.717, 1.165) is 28.0 Å². The van der Waals surface area contributed by atoms with Gasteiger partial charge in [-0.3, -0.25) is 4.79 Å². The highest BCUT2D eigenvalue weighted by atomic mass is 16.5. The molecule has 0 fully saturated rings. The van der Waals surface area contributed by atoms with Crippen LogP contribution < -0.4 is 10.1 Å². The van der Waals surface area contributed by atoms with Crippen LogP contribution in [0.4, 0.5) is 5.95 Å². The standard InChI is InChI=1S/C25H24N4O2/c1-17-7-11-20(12-8-17)23-27-25(26-16-19-9-13-22(31-3)14-10-19)29(28-23)24(30)21-6-4-5-18(2)15-21/h4-15H,16H2,1-3H3,(H,26,27,28). The number of hydrogen-bond acceptors (Lipinski definition) is 5. The minimum absolute atomic E-state index is 0.230. The molecule has 3 aromatic carbocycles. The average molecular weight is 412 g/mol. The van der Waals surface area contributed by atoms with Crippen molar-refractivity contribution in [1.29, 1.82) is 0 Å². The molecule has 0 bridgehead atoms. The molecular formula is C25H24N4O2. The van der Waals surface area contributed by atoms with Crippen LogP contribution in [-0.2, 0) is 6.54 Å². The molecule has 1 N–H and O–H groups in total. The van der Waals surface area contributed by atoms with Crippen LogP contribution in [0.15, 0.2) is 72.8 Å². The molecule has 4 rings (SSSR count). The third kappa shape index (κ3) is 4.64. The zero-order chi connectivity index (χ0) is 21.8. The molecule has 0 unspecified atom stereocenters. The predicted octanol–water partition coefficient (Wildman–Crippen LogP) is 4.87. The van der Waals surface area contributed by atoms with E-state index in [4.69, 9.17) is 4.74 Å². The number of benzene rings is 3. The summed E-state index contributed by atoms with van der Waals surface area (Å²) >= 11 is 0. The second-order valence-corrected chi connectivity index (χ2v) is 7.41. The molecular weight excluding hydrogens is 388 g/mol. The van der Waals surface area contributed by atoms with E-state index >= 15 is 0 Å². The number of rotatable bonds is 6. The molecule has 0 amide bonds. The van der Waals surface area contributed by atoms with Crippen LogP contribution in [0.2, 0.25) is 0 Å². The number of carbonyl (C=O) groups excluding carboxylic acids is 1. The normalized spacial score (nSPS) is 10.7. The third-order valence-corrected chi connectivity index (χ3v) is 4.98. The molecule has 0 spiro atoms. The number of methoxy groups -OCH3 is 1. The molecule has 156 valence electrons. The monoisotopic (exact) mass is 412 g/mol. The van der Waals surface area contributed by atoms with E-state index in [-0.39, 0.29) is 5.91 Å². The molecule has 0 saturated heterocycles. The van der Waals surface area contributed by atoms with Gasteiger partial charge in [-0.05, 0) is 43.7 Å². The maximum Gasteiger partial charge on any atom is 0.281 e. The lowest BCUT2D eigenvalue weighted by Gasteiger charge is -2.08. The molecule has 1 heterocycles. The van der Waals surface area contributed by atoms with E-state index in [9.17, 15) is 4.79 Å². The Kier molecular flexibility index (Phi) is 5.80. The summed E-state index contributed by atoms with van der Waals surface area (Å²) in [6, 6.07) is 23.1. The first kappa shape index (κ1) is 20.3. The van der Waals surface area contributed by atoms with Crippen LogP contribution in [0.25, 0.3) is 11.4 Å². The summed E-state index contributed by atoms with van der Waals surface area (Å²) in [6.45, 7) is 4.48. The van der Waals surface area contributed by atoms with Crippen molar-refractivity contribution in [3.8, 4) is 17.1 Å². The maximum atomic E-state index is 13.2. The second-order valence-electron chi connectivity index (χ2n) is 7.41. The Morgan fingerprint density at radius 2 is 1.71 bits per heavy atom. The number of carbonyl (C=O) groups is 1. The first-order valence-corrected chi connectivity index (χ1v) is 10.1. The summed E-state index contributed by atoms with van der Waals surface area (Å²) in [5, 5.41) is 7.79. The molecule has 0 atom stereocenters. The van der Waals surface area contributed by atoms with E-state index in [2.05, 4.69) is 15.4 Å². The van der Waals surface area contributed by atoms with Crippen molar-refractivity contribution in [3.05, 3.63) is 95.1 Å². The lowest BCUT2D eigenvalue weighted by Crippen LogP contribution is -2.17. The zero-order valence-corrected chi connectivity index (χ0v) is 17.8. The first-order valence-electron chi connectivity index (χ1n) is 10.1. The van der Waals surface area contributed by atoms with Crippen molar-refractivity contribution < 1.29 is 9.53 Å². The van der Waals surface area contributed by atoms with E-state index in [0.29, 0.717) is 23.9 Å². The van der Waals surface area contributed by atoms with Crippen LogP contribution in [0.5, 0.6) is 5.75 Å². The van der Waals surface area contributed by atoms with Crippen molar-refractivity contribution >= 4 is 11.9 Å². The Labute approximate surface area is 181 Å². The van der Waals surface area contributed by atoms with Gasteiger partial charge in [0, 0.05) is 17.7 Å². The Hall–Kier alpha value is -3.93. The Balaban J connectivity index is 1.67. The molecule has 0 aliphatic rings. The number of anilines is 1. The molecule has 6 heteroatoms. The lowest BCUT2D eigenvalue weighted by molar-refractivity contribution is 0.0947. The van der Waals surface area contributed by atoms with Crippen molar-refractivity contribution in [3.63, 3.8) is 0 Å². The summed E-state index contributed by atoms with van der Waals surface area (Å²) in [4.78, 5) is 17.8. The Morgan fingerprint density at radius 1 is 0.968 bits per heavy atom. The topological polar surface area (TPSA) is 69.0 Å². The van der Waals surface area contributed by atoms with E-state index in [1.165, 1.54) is 4.68 Å². The van der Waals surface area contributed by atoms with Crippen LogP contribution >= 0.6 is 0 Å². The highest BCUT2D eigenvalue weighted by molar-refractivity contribution is 5.97. The van der Waals surface area contributed by atoms with Gasteiger partial charge in [0.1, 0.15) is 5.75 Å². The highest BCUT2D eigenvalue weighted by Gasteiger charge is 2.19. The van der Waals surface area contributed by atoms with E-state index in [1.807, 2.05) is 80.6 Å². The van der Waals surface area contributed by atoms with Gasteiger partial charge >= 0.3 is 0 Å². The fourth-order valence-electron chi connectivity index (χ4n) is 3.22. The number of nitrogens with zero attached hydrogens (tertiary/aromatic N) is 3. The third-order valence-electron chi connectivity index (χ3n) is 4.98. The smallest absolute Gasteiger partial charge is 0.281 e. The molecule has 0 saturated carbocycles. The van der Waals surface area contributed by atoms with Crippen LogP contribution in [0.1, 0.15) is 27.0 Å². The Morgan fingerprint density at radius 3 is 2.39 bits per heavy atom. The van der Waals surface area contributed by atoms with Gasteiger partial charge in [0.2, 0.25) is 5.95 Å². The summed E-state index contributed by atoms with van der Waals surface area (Å²) in [7, 11) is 1.64. The number of nitrogens with one attached hydrogen (secondary N) is 1. The SMILES string of the molecule is COc1ccc(CNc2nc(-c3ccc(C)cc3)nn2C(=O)c2cccc(C)c2)cc1. The molecule has 6 nitrogen and oxygen atoms in total. The summed E-state index contributed by atoms with van der Waals surface area (Å²) in [6.07, 6.45) is 0. The Bertz CT molecular complexity index is 1200. The van der Waals surface area contributed by atoms with Crippen molar-refractivity contribution in [2.75, 3.05) is 12.4 Å². The summed E-state index contributed by atoms with van der Waals surface area (Å²) in [5.41, 5.74) is 4.62. The quantitative estimate of drug-likeness (QED) is 0.489. The lowest BCUT2D eigenvalue weighted by atomic mass is 10.1. The number of aryl methyl sites for hydroxylation is 2. The fraction of sp³-hybridized carbons (Fsp3) is 0.160. The fourth-order valence-corrected chi connectivity index (χ4v) is 3.22. The van der Waals surface area contributed by atoms with Gasteiger partial charge in [-0.1, -0.05) is 59.7 Å². The largest absolute Gasteiger partial charge is 0.497 e. The van der Waals surface area contributed by atoms with Crippen molar-refractivity contribution in [2.24, 2.45) is 0 Å². The van der Waals surface area contributed by atoms with Gasteiger partial charge < -0.3 is 10.1 Å². The van der Waals surface area contributed by atoms with Crippen LogP contribution in [0, 0.1) is 13.8 Å². The van der Waals surface area contributed by atoms with Gasteiger partial charge in [0.25, 0.3) is 5.91 Å². The van der Waals surface area contributed by atoms with Crippen molar-refractivity contribution in [1.82, 2.24) is 14.8 Å². The molecule has 0 radical (unpaired) electrons. The van der Waals surface area contributed by atoms with Crippen LogP contribution in [0.3, 0.4) is 0 Å². The first-order chi connectivity index (χ1) is 15.0.